The highest BCUT2D eigenvalue weighted by Crippen LogP contribution is 2.36. The van der Waals surface area contributed by atoms with Gasteiger partial charge in [-0.1, -0.05) is 61.7 Å². The molecule has 2 fully saturated rings. The lowest BCUT2D eigenvalue weighted by atomic mass is 9.83. The van der Waals surface area contributed by atoms with Crippen LogP contribution in [0, 0.1) is 23.2 Å². The van der Waals surface area contributed by atoms with Gasteiger partial charge in [0, 0.05) is 13.1 Å². The molecule has 1 aromatic carbocycles. The van der Waals surface area contributed by atoms with Gasteiger partial charge in [0.05, 0.1) is 19.3 Å². The topological polar surface area (TPSA) is 79.9 Å². The van der Waals surface area contributed by atoms with Crippen LogP contribution in [0.4, 0.5) is 5.95 Å². The molecule has 8 heteroatoms. The van der Waals surface area contributed by atoms with E-state index in [-0.39, 0.29) is 11.9 Å². The van der Waals surface area contributed by atoms with Crippen LogP contribution in [0.25, 0.3) is 11.2 Å². The van der Waals surface area contributed by atoms with Crippen molar-refractivity contribution in [1.82, 2.24) is 19.5 Å². The van der Waals surface area contributed by atoms with Crippen molar-refractivity contribution >= 4 is 28.7 Å². The minimum absolute atomic E-state index is 0.0479. The van der Waals surface area contributed by atoms with E-state index in [1.54, 1.807) is 0 Å². The van der Waals surface area contributed by atoms with Gasteiger partial charge in [-0.2, -0.15) is 15.2 Å². The number of aromatic nitrogens is 4. The van der Waals surface area contributed by atoms with Gasteiger partial charge in [0.15, 0.2) is 10.8 Å². The van der Waals surface area contributed by atoms with Gasteiger partial charge in [-0.15, -0.1) is 0 Å². The number of ether oxygens (including phenoxy) is 1. The Balaban J connectivity index is 1.60. The second kappa shape index (κ2) is 9.05. The molecule has 0 bridgehead atoms. The number of benzene rings is 1. The number of halogens is 1. The fourth-order valence-corrected chi connectivity index (χ4v) is 5.25. The van der Waals surface area contributed by atoms with Crippen molar-refractivity contribution in [2.75, 3.05) is 24.7 Å². The van der Waals surface area contributed by atoms with Gasteiger partial charge in [0.1, 0.15) is 11.6 Å². The third-order valence-electron chi connectivity index (χ3n) is 6.79. The molecule has 2 aliphatic rings. The first-order valence-electron chi connectivity index (χ1n) is 11.4. The first-order chi connectivity index (χ1) is 15.6. The molecule has 3 heterocycles. The molecule has 1 aliphatic carbocycles. The molecule has 0 spiro atoms. The average Bonchev–Trinajstić information content (AvgIpc) is 3.19. The van der Waals surface area contributed by atoms with Gasteiger partial charge < -0.3 is 14.2 Å². The molecular weight excluding hydrogens is 424 g/mol. The molecule has 2 aromatic heterocycles. The van der Waals surface area contributed by atoms with Crippen molar-refractivity contribution in [1.29, 1.82) is 5.26 Å². The van der Waals surface area contributed by atoms with Crippen LogP contribution in [0.1, 0.15) is 50.0 Å². The molecule has 3 aromatic rings. The summed E-state index contributed by atoms with van der Waals surface area (Å²) in [4.78, 5) is 15.8. The van der Waals surface area contributed by atoms with E-state index in [0.717, 1.165) is 30.5 Å². The molecule has 1 saturated carbocycles. The zero-order chi connectivity index (χ0) is 22.1. The summed E-state index contributed by atoms with van der Waals surface area (Å²) in [5.74, 6) is 2.23. The van der Waals surface area contributed by atoms with E-state index >= 15 is 0 Å². The van der Waals surface area contributed by atoms with E-state index in [1.807, 2.05) is 12.1 Å². The maximum atomic E-state index is 9.33. The lowest BCUT2D eigenvalue weighted by molar-refractivity contribution is 0.0927. The van der Waals surface area contributed by atoms with Gasteiger partial charge in [0.25, 0.3) is 0 Å². The lowest BCUT2D eigenvalue weighted by Gasteiger charge is -2.37. The van der Waals surface area contributed by atoms with Gasteiger partial charge in [-0.3, -0.25) is 0 Å². The maximum absolute atomic E-state index is 9.33. The number of morpholine rings is 1. The van der Waals surface area contributed by atoms with Crippen LogP contribution in [0.15, 0.2) is 30.3 Å². The first-order valence-corrected chi connectivity index (χ1v) is 11.7. The highest BCUT2D eigenvalue weighted by Gasteiger charge is 2.31. The van der Waals surface area contributed by atoms with E-state index in [4.69, 9.17) is 21.3 Å². The fourth-order valence-electron chi connectivity index (χ4n) is 4.99. The second-order valence-corrected chi connectivity index (χ2v) is 9.32. The number of imidazole rings is 1. The maximum Gasteiger partial charge on any atom is 0.235 e. The Morgan fingerprint density at radius 1 is 1.12 bits per heavy atom. The predicted molar refractivity (Wildman–Crippen MR) is 124 cm³/mol. The normalized spacial score (nSPS) is 23.9. The monoisotopic (exact) mass is 450 g/mol. The van der Waals surface area contributed by atoms with Crippen LogP contribution in [0.3, 0.4) is 0 Å². The number of rotatable bonds is 4. The smallest absolute Gasteiger partial charge is 0.235 e. The van der Waals surface area contributed by atoms with Crippen molar-refractivity contribution in [3.05, 3.63) is 46.9 Å². The zero-order valence-corrected chi connectivity index (χ0v) is 19.0. The molecule has 1 aliphatic heterocycles. The van der Waals surface area contributed by atoms with Crippen LogP contribution < -0.4 is 4.90 Å². The molecule has 0 unspecified atom stereocenters. The van der Waals surface area contributed by atoms with Crippen LogP contribution in [-0.2, 0) is 11.3 Å². The molecule has 32 heavy (non-hydrogen) atoms. The predicted octanol–water partition coefficient (Wildman–Crippen LogP) is 4.76. The van der Waals surface area contributed by atoms with E-state index in [9.17, 15) is 5.26 Å². The molecular formula is C24H27ClN6O. The highest BCUT2D eigenvalue weighted by molar-refractivity contribution is 6.33. The number of nitriles is 1. The van der Waals surface area contributed by atoms with Gasteiger partial charge in [-0.25, -0.2) is 4.98 Å². The standard InChI is InChI=1S/C24H27ClN6O/c1-16-7-9-17(10-8-16)14-31-21-22(25)27-20(13-26)28-23(21)29-24(31)30-11-12-32-15-19(30)18-5-3-2-4-6-18/h2-6,16-17,19H,7-12,14-15H2,1H3/t16-,17-,19-/m0/s1. The summed E-state index contributed by atoms with van der Waals surface area (Å²) < 4.78 is 8.04. The molecule has 1 atom stereocenters. The van der Waals surface area contributed by atoms with Crippen molar-refractivity contribution in [2.24, 2.45) is 11.8 Å². The molecule has 7 nitrogen and oxygen atoms in total. The third-order valence-corrected chi connectivity index (χ3v) is 7.05. The third kappa shape index (κ3) is 4.05. The number of hydrogen-bond donors (Lipinski definition) is 0. The zero-order valence-electron chi connectivity index (χ0n) is 18.2. The second-order valence-electron chi connectivity index (χ2n) is 8.97. The Bertz CT molecular complexity index is 1130. The Labute approximate surface area is 193 Å². The van der Waals surface area contributed by atoms with Crippen molar-refractivity contribution in [3.8, 4) is 6.07 Å². The first kappa shape index (κ1) is 21.2. The molecule has 5 rings (SSSR count). The molecule has 0 amide bonds. The van der Waals surface area contributed by atoms with E-state index in [2.05, 4.69) is 50.6 Å². The number of hydrogen-bond acceptors (Lipinski definition) is 6. The Kier molecular flexibility index (Phi) is 5.99. The number of nitrogens with zero attached hydrogens (tertiary/aromatic N) is 6. The van der Waals surface area contributed by atoms with Crippen molar-refractivity contribution < 1.29 is 4.74 Å². The highest BCUT2D eigenvalue weighted by atomic mass is 35.5. The van der Waals surface area contributed by atoms with Crippen molar-refractivity contribution in [2.45, 2.75) is 45.2 Å². The number of fused-ring (bicyclic) bond motifs is 1. The summed E-state index contributed by atoms with van der Waals surface area (Å²) in [5, 5.41) is 9.62. The average molecular weight is 451 g/mol. The van der Waals surface area contributed by atoms with E-state index in [1.165, 1.54) is 31.2 Å². The van der Waals surface area contributed by atoms with Gasteiger partial charge in [-0.05, 0) is 30.2 Å². The summed E-state index contributed by atoms with van der Waals surface area (Å²) in [6, 6.07) is 12.4. The quantitative estimate of drug-likeness (QED) is 0.533. The minimum atomic E-state index is 0.0479. The SMILES string of the molecule is C[C@H]1CC[C@H](Cn2c(N3CCOC[C@H]3c3ccccc3)nc3nc(C#N)nc(Cl)c32)CC1. The van der Waals surface area contributed by atoms with E-state index in [0.29, 0.717) is 29.9 Å². The van der Waals surface area contributed by atoms with E-state index < -0.39 is 0 Å². The molecule has 166 valence electrons. The largest absolute Gasteiger partial charge is 0.377 e. The summed E-state index contributed by atoms with van der Waals surface area (Å²) >= 11 is 6.59. The van der Waals surface area contributed by atoms with Crippen LogP contribution in [0.5, 0.6) is 0 Å². The van der Waals surface area contributed by atoms with Crippen LogP contribution >= 0.6 is 11.6 Å². The minimum Gasteiger partial charge on any atom is -0.377 e. The number of anilines is 1. The summed E-state index contributed by atoms with van der Waals surface area (Å²) in [5.41, 5.74) is 2.39. The van der Waals surface area contributed by atoms with Gasteiger partial charge >= 0.3 is 0 Å². The van der Waals surface area contributed by atoms with Crippen molar-refractivity contribution in [3.63, 3.8) is 0 Å². The summed E-state index contributed by atoms with van der Waals surface area (Å²) in [6.45, 7) is 5.11. The molecule has 1 saturated heterocycles. The van der Waals surface area contributed by atoms with Gasteiger partial charge in [0.2, 0.25) is 11.8 Å². The Hall–Kier alpha value is -2.69. The molecule has 0 radical (unpaired) electrons. The summed E-state index contributed by atoms with van der Waals surface area (Å²) in [6.07, 6.45) is 4.89. The molecule has 0 N–H and O–H groups in total. The lowest BCUT2D eigenvalue weighted by Crippen LogP contribution is -2.41. The van der Waals surface area contributed by atoms with Crippen LogP contribution in [0.2, 0.25) is 5.15 Å². The summed E-state index contributed by atoms with van der Waals surface area (Å²) in [7, 11) is 0. The Morgan fingerprint density at radius 2 is 1.91 bits per heavy atom. The Morgan fingerprint density at radius 3 is 2.66 bits per heavy atom. The van der Waals surface area contributed by atoms with Crippen LogP contribution in [-0.4, -0.2) is 39.3 Å². The fraction of sp³-hybridized carbons (Fsp3) is 0.500.